The molecule has 3 rings (SSSR count). The summed E-state index contributed by atoms with van der Waals surface area (Å²) in [5, 5.41) is 7.41. The van der Waals surface area contributed by atoms with E-state index in [0.29, 0.717) is 11.7 Å². The highest BCUT2D eigenvalue weighted by atomic mass is 16.5. The molecule has 0 aliphatic carbocycles. The van der Waals surface area contributed by atoms with Crippen LogP contribution in [-0.2, 0) is 4.74 Å². The Morgan fingerprint density at radius 2 is 2.00 bits per heavy atom. The predicted molar refractivity (Wildman–Crippen MR) is 96.6 cm³/mol. The molecule has 7 nitrogen and oxygen atoms in total. The molecule has 136 valence electrons. The van der Waals surface area contributed by atoms with Crippen LogP contribution >= 0.6 is 0 Å². The van der Waals surface area contributed by atoms with Gasteiger partial charge >= 0.3 is 0 Å². The fourth-order valence-corrected chi connectivity index (χ4v) is 2.80. The van der Waals surface area contributed by atoms with Gasteiger partial charge in [0.25, 0.3) is 5.89 Å². The predicted octanol–water partition coefficient (Wildman–Crippen LogP) is 2.78. The third-order valence-corrected chi connectivity index (χ3v) is 4.54. The Balaban J connectivity index is 1.60. The molecule has 0 amide bonds. The lowest BCUT2D eigenvalue weighted by atomic mass is 10.0. The van der Waals surface area contributed by atoms with Crippen LogP contribution in [0.1, 0.15) is 39.4 Å². The first kappa shape index (κ1) is 17.8. The number of anilines is 1. The van der Waals surface area contributed by atoms with Crippen LogP contribution in [0, 0.1) is 0 Å². The molecule has 0 radical (unpaired) electrons. The Bertz CT molecular complexity index is 675. The van der Waals surface area contributed by atoms with Crippen LogP contribution in [0.5, 0.6) is 0 Å². The smallest absolute Gasteiger partial charge is 0.259 e. The van der Waals surface area contributed by atoms with E-state index >= 15 is 0 Å². The van der Waals surface area contributed by atoms with Gasteiger partial charge in [0, 0.05) is 37.3 Å². The Morgan fingerprint density at radius 1 is 1.24 bits per heavy atom. The molecule has 1 aliphatic heterocycles. The lowest BCUT2D eigenvalue weighted by Gasteiger charge is -2.41. The molecule has 0 bridgehead atoms. The lowest BCUT2D eigenvalue weighted by Crippen LogP contribution is -2.53. The number of morpholine rings is 1. The Hall–Kier alpha value is -1.99. The van der Waals surface area contributed by atoms with Gasteiger partial charge in [-0.2, -0.15) is 4.98 Å². The molecule has 1 saturated heterocycles. The van der Waals surface area contributed by atoms with Gasteiger partial charge in [0.05, 0.1) is 18.8 Å². The molecule has 0 atom stereocenters. The van der Waals surface area contributed by atoms with Gasteiger partial charge in [0.15, 0.2) is 5.82 Å². The summed E-state index contributed by atoms with van der Waals surface area (Å²) in [5.74, 6) is 2.31. The Labute approximate surface area is 148 Å². The normalized spacial score (nSPS) is 16.4. The topological polar surface area (TPSA) is 76.3 Å². The molecule has 1 N–H and O–H groups in total. The fourth-order valence-electron chi connectivity index (χ4n) is 2.80. The summed E-state index contributed by atoms with van der Waals surface area (Å²) in [6.07, 6.45) is 1.77. The largest absolute Gasteiger partial charge is 0.379 e. The highest BCUT2D eigenvalue weighted by molar-refractivity contribution is 5.54. The number of aromatic nitrogens is 3. The van der Waals surface area contributed by atoms with E-state index in [4.69, 9.17) is 9.26 Å². The van der Waals surface area contributed by atoms with Gasteiger partial charge in [-0.05, 0) is 26.0 Å². The van der Waals surface area contributed by atoms with E-state index in [-0.39, 0.29) is 11.5 Å². The molecule has 2 aromatic heterocycles. The number of nitrogens with one attached hydrogen (secondary N) is 1. The van der Waals surface area contributed by atoms with Crippen LogP contribution in [0.4, 0.5) is 5.82 Å². The van der Waals surface area contributed by atoms with E-state index in [9.17, 15) is 0 Å². The van der Waals surface area contributed by atoms with Gasteiger partial charge in [-0.1, -0.05) is 19.0 Å². The first-order chi connectivity index (χ1) is 12.0. The molecular weight excluding hydrogens is 318 g/mol. The molecule has 0 aromatic carbocycles. The van der Waals surface area contributed by atoms with E-state index in [1.807, 2.05) is 26.0 Å². The Morgan fingerprint density at radius 3 is 2.60 bits per heavy atom. The van der Waals surface area contributed by atoms with E-state index in [0.717, 1.165) is 44.2 Å². The van der Waals surface area contributed by atoms with E-state index in [2.05, 4.69) is 39.2 Å². The van der Waals surface area contributed by atoms with Crippen molar-refractivity contribution in [1.82, 2.24) is 20.0 Å². The molecular formula is C18H27N5O2. The van der Waals surface area contributed by atoms with Crippen molar-refractivity contribution in [2.45, 2.75) is 39.2 Å². The zero-order chi connectivity index (χ0) is 17.9. The summed E-state index contributed by atoms with van der Waals surface area (Å²) in [5.41, 5.74) is 0.875. The van der Waals surface area contributed by atoms with E-state index in [1.165, 1.54) is 0 Å². The summed E-state index contributed by atoms with van der Waals surface area (Å²) < 4.78 is 10.7. The third-order valence-electron chi connectivity index (χ3n) is 4.54. The second kappa shape index (κ2) is 7.49. The van der Waals surface area contributed by atoms with Crippen LogP contribution < -0.4 is 5.32 Å². The first-order valence-electron chi connectivity index (χ1n) is 8.82. The van der Waals surface area contributed by atoms with Crippen molar-refractivity contribution < 1.29 is 9.26 Å². The average molecular weight is 345 g/mol. The fraction of sp³-hybridized carbons (Fsp3) is 0.611. The van der Waals surface area contributed by atoms with E-state index < -0.39 is 0 Å². The minimum absolute atomic E-state index is 0.0444. The second-order valence-electron chi connectivity index (χ2n) is 7.31. The summed E-state index contributed by atoms with van der Waals surface area (Å²) in [4.78, 5) is 11.3. The van der Waals surface area contributed by atoms with Crippen LogP contribution in [0.25, 0.3) is 11.5 Å². The van der Waals surface area contributed by atoms with Crippen molar-refractivity contribution >= 4 is 5.82 Å². The monoisotopic (exact) mass is 345 g/mol. The molecule has 7 heteroatoms. The van der Waals surface area contributed by atoms with Gasteiger partial charge in [-0.15, -0.1) is 0 Å². The number of hydrogen-bond donors (Lipinski definition) is 1. The first-order valence-corrected chi connectivity index (χ1v) is 8.82. The minimum atomic E-state index is 0.0444. The van der Waals surface area contributed by atoms with Crippen molar-refractivity contribution in [3.05, 3.63) is 24.2 Å². The quantitative estimate of drug-likeness (QED) is 0.862. The number of ether oxygens (including phenoxy) is 1. The van der Waals surface area contributed by atoms with Crippen molar-refractivity contribution in [3.8, 4) is 11.5 Å². The third kappa shape index (κ3) is 4.35. The number of rotatable bonds is 6. The highest BCUT2D eigenvalue weighted by Gasteiger charge is 2.28. The highest BCUT2D eigenvalue weighted by Crippen LogP contribution is 2.21. The zero-order valence-electron chi connectivity index (χ0n) is 15.5. The van der Waals surface area contributed by atoms with Gasteiger partial charge in [0.2, 0.25) is 0 Å². The van der Waals surface area contributed by atoms with Crippen molar-refractivity contribution in [2.24, 2.45) is 0 Å². The van der Waals surface area contributed by atoms with Gasteiger partial charge in [0.1, 0.15) is 5.82 Å². The van der Waals surface area contributed by atoms with Crippen molar-refractivity contribution in [2.75, 3.05) is 38.2 Å². The zero-order valence-corrected chi connectivity index (χ0v) is 15.5. The lowest BCUT2D eigenvalue weighted by molar-refractivity contribution is -0.00570. The summed E-state index contributed by atoms with van der Waals surface area (Å²) >= 11 is 0. The van der Waals surface area contributed by atoms with Crippen molar-refractivity contribution in [3.63, 3.8) is 0 Å². The molecule has 3 heterocycles. The van der Waals surface area contributed by atoms with Crippen LogP contribution in [-0.4, -0.2) is 58.4 Å². The molecule has 1 fully saturated rings. The maximum absolute atomic E-state index is 5.43. The molecule has 2 aromatic rings. The average Bonchev–Trinajstić information content (AvgIpc) is 3.12. The summed E-state index contributed by atoms with van der Waals surface area (Å²) in [6, 6.07) is 3.90. The summed E-state index contributed by atoms with van der Waals surface area (Å²) in [6.45, 7) is 12.9. The second-order valence-corrected chi connectivity index (χ2v) is 7.31. The van der Waals surface area contributed by atoms with Crippen molar-refractivity contribution in [1.29, 1.82) is 0 Å². The Kier molecular flexibility index (Phi) is 5.34. The molecule has 0 saturated carbocycles. The van der Waals surface area contributed by atoms with Gasteiger partial charge < -0.3 is 14.6 Å². The molecule has 25 heavy (non-hydrogen) atoms. The van der Waals surface area contributed by atoms with E-state index in [1.54, 1.807) is 6.20 Å². The van der Waals surface area contributed by atoms with Gasteiger partial charge in [-0.3, -0.25) is 4.90 Å². The number of nitrogens with zero attached hydrogens (tertiary/aromatic N) is 4. The van der Waals surface area contributed by atoms with Crippen LogP contribution in [0.3, 0.4) is 0 Å². The standard InChI is InChI=1S/C18H27N5O2/c1-13(2)16-21-17(25-22-16)14-5-6-15(19-11-14)20-12-18(3,4)23-7-9-24-10-8-23/h5-6,11,13H,7-10,12H2,1-4H3,(H,19,20). The number of hydrogen-bond acceptors (Lipinski definition) is 7. The van der Waals surface area contributed by atoms with Crippen LogP contribution in [0.2, 0.25) is 0 Å². The van der Waals surface area contributed by atoms with Gasteiger partial charge in [-0.25, -0.2) is 4.98 Å². The minimum Gasteiger partial charge on any atom is -0.379 e. The molecule has 0 spiro atoms. The SMILES string of the molecule is CC(C)c1noc(-c2ccc(NCC(C)(C)N3CCOCC3)nc2)n1. The maximum Gasteiger partial charge on any atom is 0.259 e. The summed E-state index contributed by atoms with van der Waals surface area (Å²) in [7, 11) is 0. The molecule has 0 unspecified atom stereocenters. The number of pyridine rings is 1. The van der Waals surface area contributed by atoms with Crippen LogP contribution in [0.15, 0.2) is 22.9 Å². The molecule has 1 aliphatic rings. The maximum atomic E-state index is 5.43.